The summed E-state index contributed by atoms with van der Waals surface area (Å²) in [5.41, 5.74) is 6.68. The number of aromatic nitrogens is 2. The molecule has 0 bridgehead atoms. The van der Waals surface area contributed by atoms with Crippen LogP contribution >= 0.6 is 0 Å². The lowest BCUT2D eigenvalue weighted by Gasteiger charge is -2.16. The fraction of sp³-hybridized carbons (Fsp3) is 0.160. The molecule has 0 saturated carbocycles. The second-order valence-corrected chi connectivity index (χ2v) is 7.97. The van der Waals surface area contributed by atoms with Crippen molar-refractivity contribution in [3.05, 3.63) is 99.5 Å². The number of carbonyl (C=O) groups excluding carboxylic acids is 1. The van der Waals surface area contributed by atoms with Crippen molar-refractivity contribution in [3.8, 4) is 5.69 Å². The first-order valence-electron chi connectivity index (χ1n) is 10.4. The van der Waals surface area contributed by atoms with Crippen LogP contribution in [0.2, 0.25) is 0 Å². The van der Waals surface area contributed by atoms with Crippen LogP contribution in [-0.4, -0.2) is 15.5 Å². The number of carbonyl (C=O) groups is 1. The van der Waals surface area contributed by atoms with Gasteiger partial charge in [-0.3, -0.25) is 14.2 Å². The Morgan fingerprint density at radius 3 is 2.41 bits per heavy atom. The van der Waals surface area contributed by atoms with E-state index in [1.165, 1.54) is 16.7 Å². The number of anilines is 1. The average molecular weight is 466 g/mol. The molecule has 1 atom stereocenters. The minimum atomic E-state index is -4.47. The maximum absolute atomic E-state index is 12.9. The number of aryl methyl sites for hydroxylation is 1. The van der Waals surface area contributed by atoms with Crippen molar-refractivity contribution in [3.63, 3.8) is 0 Å². The van der Waals surface area contributed by atoms with Crippen LogP contribution in [0.4, 0.5) is 19.0 Å². The summed E-state index contributed by atoms with van der Waals surface area (Å²) in [7, 11) is 0. The number of nitrogen functional groups attached to an aromatic ring is 1. The van der Waals surface area contributed by atoms with Crippen molar-refractivity contribution in [2.24, 2.45) is 0 Å². The van der Waals surface area contributed by atoms with Crippen molar-refractivity contribution in [1.29, 1.82) is 0 Å². The minimum Gasteiger partial charge on any atom is -0.384 e. The third-order valence-electron chi connectivity index (χ3n) is 5.48. The van der Waals surface area contributed by atoms with E-state index in [9.17, 15) is 22.8 Å². The first-order valence-corrected chi connectivity index (χ1v) is 10.4. The third kappa shape index (κ3) is 4.50. The fourth-order valence-corrected chi connectivity index (χ4v) is 3.72. The van der Waals surface area contributed by atoms with Gasteiger partial charge in [0.1, 0.15) is 5.82 Å². The number of benzene rings is 2. The summed E-state index contributed by atoms with van der Waals surface area (Å²) >= 11 is 0. The summed E-state index contributed by atoms with van der Waals surface area (Å²) in [6, 6.07) is 15.6. The Morgan fingerprint density at radius 1 is 1.06 bits per heavy atom. The van der Waals surface area contributed by atoms with E-state index in [1.807, 2.05) is 0 Å². The van der Waals surface area contributed by atoms with E-state index in [4.69, 9.17) is 5.73 Å². The molecule has 174 valence electrons. The van der Waals surface area contributed by atoms with Crippen LogP contribution in [0.25, 0.3) is 16.6 Å². The lowest BCUT2D eigenvalue weighted by atomic mass is 10.1. The molecule has 0 fully saturated rings. The van der Waals surface area contributed by atoms with Gasteiger partial charge in [0.25, 0.3) is 11.5 Å². The molecule has 0 radical (unpaired) electrons. The summed E-state index contributed by atoms with van der Waals surface area (Å²) in [5, 5.41) is 3.46. The first kappa shape index (κ1) is 23.0. The largest absolute Gasteiger partial charge is 0.416 e. The molecule has 0 spiro atoms. The number of hydrogen-bond acceptors (Lipinski definition) is 4. The Bertz CT molecular complexity index is 1440. The zero-order valence-electron chi connectivity index (χ0n) is 18.4. The number of halogens is 3. The SMILES string of the molecule is Cc1cc2cc(C(=O)N[C@@H](C)c3cccc(N)n3)ccc2n(-c2ccc(C(F)(F)F)cc2)c1=O. The minimum absolute atomic E-state index is 0.297. The van der Waals surface area contributed by atoms with Gasteiger partial charge in [0.05, 0.1) is 22.8 Å². The molecule has 34 heavy (non-hydrogen) atoms. The molecule has 6 nitrogen and oxygen atoms in total. The number of pyridine rings is 2. The monoisotopic (exact) mass is 466 g/mol. The normalized spacial score (nSPS) is 12.5. The smallest absolute Gasteiger partial charge is 0.384 e. The van der Waals surface area contributed by atoms with Gasteiger partial charge in [0, 0.05) is 16.8 Å². The van der Waals surface area contributed by atoms with Gasteiger partial charge in [-0.1, -0.05) is 6.07 Å². The van der Waals surface area contributed by atoms with Crippen molar-refractivity contribution in [2.75, 3.05) is 5.73 Å². The van der Waals surface area contributed by atoms with Crippen LogP contribution in [0.5, 0.6) is 0 Å². The number of rotatable bonds is 4. The third-order valence-corrected chi connectivity index (χ3v) is 5.48. The highest BCUT2D eigenvalue weighted by atomic mass is 19.4. The van der Waals surface area contributed by atoms with Crippen molar-refractivity contribution in [1.82, 2.24) is 14.9 Å². The predicted octanol–water partition coefficient (Wildman–Crippen LogP) is 4.79. The van der Waals surface area contributed by atoms with Crippen molar-refractivity contribution >= 4 is 22.6 Å². The van der Waals surface area contributed by atoms with E-state index in [-0.39, 0.29) is 11.5 Å². The molecule has 1 amide bonds. The molecule has 0 aliphatic carbocycles. The molecule has 0 saturated heterocycles. The molecule has 9 heteroatoms. The second kappa shape index (κ2) is 8.66. The number of alkyl halides is 3. The van der Waals surface area contributed by atoms with E-state index in [0.29, 0.717) is 39.2 Å². The van der Waals surface area contributed by atoms with Gasteiger partial charge >= 0.3 is 6.18 Å². The van der Waals surface area contributed by atoms with E-state index in [1.54, 1.807) is 56.3 Å². The summed E-state index contributed by atoms with van der Waals surface area (Å²) in [5.74, 6) is 0.00424. The standard InChI is InChI=1S/C25H21F3N4O2/c1-14-12-17-13-16(23(33)30-15(2)20-4-3-5-22(29)31-20)6-11-21(17)32(24(14)34)19-9-7-18(8-10-19)25(26,27)28/h3-13,15H,1-2H3,(H2,29,31)(H,30,33)/t15-/m0/s1. The summed E-state index contributed by atoms with van der Waals surface area (Å²) in [6.45, 7) is 3.40. The summed E-state index contributed by atoms with van der Waals surface area (Å²) in [4.78, 5) is 29.9. The van der Waals surface area contributed by atoms with Crippen LogP contribution in [0.3, 0.4) is 0 Å². The molecule has 2 aromatic carbocycles. The Hall–Kier alpha value is -4.14. The van der Waals surface area contributed by atoms with Gasteiger partial charge in [-0.2, -0.15) is 13.2 Å². The van der Waals surface area contributed by atoms with Gasteiger partial charge in [-0.05, 0) is 79.9 Å². The molecule has 0 aliphatic rings. The molecule has 0 unspecified atom stereocenters. The Kier molecular flexibility index (Phi) is 5.87. The molecular weight excluding hydrogens is 445 g/mol. The quantitative estimate of drug-likeness (QED) is 0.453. The molecule has 0 aliphatic heterocycles. The number of nitrogens with two attached hydrogens (primary N) is 1. The number of nitrogens with zero attached hydrogens (tertiary/aromatic N) is 2. The van der Waals surface area contributed by atoms with Crippen LogP contribution in [0.1, 0.15) is 40.1 Å². The average Bonchev–Trinajstić information content (AvgIpc) is 2.79. The van der Waals surface area contributed by atoms with Crippen molar-refractivity contribution < 1.29 is 18.0 Å². The lowest BCUT2D eigenvalue weighted by molar-refractivity contribution is -0.137. The van der Waals surface area contributed by atoms with Gasteiger partial charge < -0.3 is 11.1 Å². The summed E-state index contributed by atoms with van der Waals surface area (Å²) in [6.07, 6.45) is -4.47. The number of hydrogen-bond donors (Lipinski definition) is 2. The maximum Gasteiger partial charge on any atom is 0.416 e. The topological polar surface area (TPSA) is 90.0 Å². The zero-order valence-corrected chi connectivity index (χ0v) is 18.4. The second-order valence-electron chi connectivity index (χ2n) is 7.97. The van der Waals surface area contributed by atoms with Crippen LogP contribution in [0, 0.1) is 6.92 Å². The van der Waals surface area contributed by atoms with E-state index >= 15 is 0 Å². The van der Waals surface area contributed by atoms with Gasteiger partial charge in [-0.25, -0.2) is 4.98 Å². The van der Waals surface area contributed by atoms with E-state index in [0.717, 1.165) is 12.1 Å². The van der Waals surface area contributed by atoms with Gasteiger partial charge in [0.2, 0.25) is 0 Å². The van der Waals surface area contributed by atoms with Gasteiger partial charge in [0.15, 0.2) is 0 Å². The Morgan fingerprint density at radius 2 is 1.76 bits per heavy atom. The molecule has 2 heterocycles. The van der Waals surface area contributed by atoms with Crippen LogP contribution in [-0.2, 0) is 6.18 Å². The van der Waals surface area contributed by atoms with Crippen molar-refractivity contribution in [2.45, 2.75) is 26.1 Å². The number of nitrogens with one attached hydrogen (secondary N) is 1. The highest BCUT2D eigenvalue weighted by Gasteiger charge is 2.30. The molecule has 4 aromatic rings. The van der Waals surface area contributed by atoms with Gasteiger partial charge in [-0.15, -0.1) is 0 Å². The highest BCUT2D eigenvalue weighted by molar-refractivity contribution is 5.98. The highest BCUT2D eigenvalue weighted by Crippen LogP contribution is 2.30. The number of amides is 1. The van der Waals surface area contributed by atoms with E-state index < -0.39 is 17.8 Å². The zero-order chi connectivity index (χ0) is 24.6. The summed E-state index contributed by atoms with van der Waals surface area (Å²) < 4.78 is 40.2. The maximum atomic E-state index is 12.9. The van der Waals surface area contributed by atoms with Crippen LogP contribution in [0.15, 0.2) is 71.5 Å². The molecular formula is C25H21F3N4O2. The Labute approximate surface area is 192 Å². The Balaban J connectivity index is 1.70. The lowest BCUT2D eigenvalue weighted by Crippen LogP contribution is -2.27. The molecule has 2 aromatic heterocycles. The molecule has 3 N–H and O–H groups in total. The fourth-order valence-electron chi connectivity index (χ4n) is 3.72. The van der Waals surface area contributed by atoms with Crippen LogP contribution < -0.4 is 16.6 Å². The number of fused-ring (bicyclic) bond motifs is 1. The predicted molar refractivity (Wildman–Crippen MR) is 124 cm³/mol. The van der Waals surface area contributed by atoms with E-state index in [2.05, 4.69) is 10.3 Å². The first-order chi connectivity index (χ1) is 16.0. The molecule has 4 rings (SSSR count).